The Bertz CT molecular complexity index is 339. The van der Waals surface area contributed by atoms with Crippen LogP contribution in [-0.2, 0) is 4.79 Å². The molecule has 0 aliphatic heterocycles. The third-order valence-electron chi connectivity index (χ3n) is 1.95. The Morgan fingerprint density at radius 1 is 1.43 bits per heavy atom. The van der Waals surface area contributed by atoms with Crippen LogP contribution in [0.1, 0.15) is 11.6 Å². The fourth-order valence-electron chi connectivity index (χ4n) is 1.33. The molecule has 0 saturated carbocycles. The summed E-state index contributed by atoms with van der Waals surface area (Å²) in [6.45, 7) is 0. The molecule has 0 amide bonds. The van der Waals surface area contributed by atoms with E-state index in [0.717, 1.165) is 0 Å². The van der Waals surface area contributed by atoms with Crippen molar-refractivity contribution in [2.24, 2.45) is 0 Å². The minimum atomic E-state index is -0.900. The van der Waals surface area contributed by atoms with Crippen LogP contribution in [0.15, 0.2) is 24.3 Å². The quantitative estimate of drug-likeness (QED) is 0.835. The Kier molecular flexibility index (Phi) is 3.49. The van der Waals surface area contributed by atoms with Crippen LogP contribution in [0.5, 0.6) is 0 Å². The minimum absolute atomic E-state index is 0.480. The molecular weight excluding hydrogens is 202 g/mol. The molecule has 0 heterocycles. The van der Waals surface area contributed by atoms with Crippen molar-refractivity contribution in [1.29, 1.82) is 0 Å². The first-order valence-electron chi connectivity index (χ1n) is 4.17. The highest BCUT2D eigenvalue weighted by atomic mass is 35.5. The standard InChI is InChI=1S/C10H12ClNO2/c1-12(2)9(10(13)14)7-5-3-4-6-8(7)11/h3-6,9H,1-2H3,(H,13,14)/t9-/m0/s1. The number of likely N-dealkylation sites (N-methyl/N-ethyl adjacent to an activating group) is 1. The van der Waals surface area contributed by atoms with E-state index in [9.17, 15) is 4.79 Å². The van der Waals surface area contributed by atoms with Crippen LogP contribution in [0.25, 0.3) is 0 Å². The van der Waals surface area contributed by atoms with Crippen LogP contribution in [-0.4, -0.2) is 30.1 Å². The highest BCUT2D eigenvalue weighted by Gasteiger charge is 2.23. The first kappa shape index (κ1) is 11.0. The number of carboxylic acid groups (broad SMARTS) is 1. The summed E-state index contributed by atoms with van der Waals surface area (Å²) in [6, 6.07) is 6.28. The summed E-state index contributed by atoms with van der Waals surface area (Å²) in [7, 11) is 3.42. The smallest absolute Gasteiger partial charge is 0.325 e. The average molecular weight is 214 g/mol. The van der Waals surface area contributed by atoms with E-state index in [0.29, 0.717) is 10.6 Å². The second-order valence-corrected chi connectivity index (χ2v) is 3.63. The van der Waals surface area contributed by atoms with Gasteiger partial charge in [0.05, 0.1) is 0 Å². The van der Waals surface area contributed by atoms with E-state index in [1.165, 1.54) is 0 Å². The van der Waals surface area contributed by atoms with Crippen LogP contribution in [0, 0.1) is 0 Å². The molecule has 0 aliphatic rings. The number of carbonyl (C=O) groups is 1. The summed E-state index contributed by atoms with van der Waals surface area (Å²) in [4.78, 5) is 12.6. The van der Waals surface area contributed by atoms with Crippen LogP contribution in [0.2, 0.25) is 5.02 Å². The Labute approximate surface area is 87.9 Å². The van der Waals surface area contributed by atoms with Gasteiger partial charge >= 0.3 is 5.97 Å². The van der Waals surface area contributed by atoms with Gasteiger partial charge in [0.1, 0.15) is 6.04 Å². The van der Waals surface area contributed by atoms with E-state index in [-0.39, 0.29) is 0 Å². The lowest BCUT2D eigenvalue weighted by molar-refractivity contribution is -0.142. The van der Waals surface area contributed by atoms with Crippen LogP contribution < -0.4 is 0 Å². The molecule has 0 aliphatic carbocycles. The van der Waals surface area contributed by atoms with Gasteiger partial charge in [0, 0.05) is 5.02 Å². The van der Waals surface area contributed by atoms with Gasteiger partial charge in [-0.3, -0.25) is 9.69 Å². The minimum Gasteiger partial charge on any atom is -0.480 e. The van der Waals surface area contributed by atoms with Crippen molar-refractivity contribution in [3.05, 3.63) is 34.9 Å². The Morgan fingerprint density at radius 2 is 2.00 bits per heavy atom. The fourth-order valence-corrected chi connectivity index (χ4v) is 1.57. The zero-order chi connectivity index (χ0) is 10.7. The summed E-state index contributed by atoms with van der Waals surface area (Å²) in [6.07, 6.45) is 0. The SMILES string of the molecule is CN(C)[C@H](C(=O)O)c1ccccc1Cl. The van der Waals surface area contributed by atoms with Gasteiger partial charge in [0.25, 0.3) is 0 Å². The molecule has 4 heteroatoms. The van der Waals surface area contributed by atoms with E-state index < -0.39 is 12.0 Å². The molecule has 1 N–H and O–H groups in total. The van der Waals surface area contributed by atoms with Gasteiger partial charge in [-0.05, 0) is 25.7 Å². The molecule has 0 spiro atoms. The number of rotatable bonds is 3. The molecule has 0 radical (unpaired) electrons. The van der Waals surface area contributed by atoms with Gasteiger partial charge in [-0.2, -0.15) is 0 Å². The van der Waals surface area contributed by atoms with E-state index in [1.54, 1.807) is 43.3 Å². The number of aliphatic carboxylic acids is 1. The molecule has 0 bridgehead atoms. The molecule has 14 heavy (non-hydrogen) atoms. The van der Waals surface area contributed by atoms with Gasteiger partial charge in [-0.15, -0.1) is 0 Å². The zero-order valence-corrected chi connectivity index (χ0v) is 8.82. The number of halogens is 1. The van der Waals surface area contributed by atoms with Gasteiger partial charge in [0.15, 0.2) is 0 Å². The van der Waals surface area contributed by atoms with Crippen LogP contribution in [0.4, 0.5) is 0 Å². The molecule has 1 aromatic carbocycles. The third kappa shape index (κ3) is 2.25. The van der Waals surface area contributed by atoms with Gasteiger partial charge in [0.2, 0.25) is 0 Å². The van der Waals surface area contributed by atoms with Crippen molar-refractivity contribution >= 4 is 17.6 Å². The molecular formula is C10H12ClNO2. The molecule has 0 aromatic heterocycles. The maximum absolute atomic E-state index is 11.0. The Morgan fingerprint density at radius 3 is 2.43 bits per heavy atom. The summed E-state index contributed by atoms with van der Waals surface area (Å²) in [5, 5.41) is 9.50. The number of benzene rings is 1. The van der Waals surface area contributed by atoms with Crippen molar-refractivity contribution in [2.75, 3.05) is 14.1 Å². The average Bonchev–Trinajstić information content (AvgIpc) is 2.07. The van der Waals surface area contributed by atoms with Crippen molar-refractivity contribution in [3.63, 3.8) is 0 Å². The molecule has 0 unspecified atom stereocenters. The highest BCUT2D eigenvalue weighted by molar-refractivity contribution is 6.31. The van der Waals surface area contributed by atoms with Gasteiger partial charge < -0.3 is 5.11 Å². The van der Waals surface area contributed by atoms with E-state index >= 15 is 0 Å². The molecule has 0 saturated heterocycles. The monoisotopic (exact) mass is 213 g/mol. The summed E-state index contributed by atoms with van der Waals surface area (Å²) < 4.78 is 0. The summed E-state index contributed by atoms with van der Waals surface area (Å²) >= 11 is 5.92. The van der Waals surface area contributed by atoms with E-state index in [2.05, 4.69) is 0 Å². The second-order valence-electron chi connectivity index (χ2n) is 3.23. The summed E-state index contributed by atoms with van der Waals surface area (Å²) in [5.41, 5.74) is 0.617. The molecule has 0 fully saturated rings. The zero-order valence-electron chi connectivity index (χ0n) is 8.07. The van der Waals surface area contributed by atoms with Crippen LogP contribution >= 0.6 is 11.6 Å². The van der Waals surface area contributed by atoms with Crippen molar-refractivity contribution < 1.29 is 9.90 Å². The van der Waals surface area contributed by atoms with Crippen molar-refractivity contribution in [1.82, 2.24) is 4.90 Å². The van der Waals surface area contributed by atoms with Crippen molar-refractivity contribution in [2.45, 2.75) is 6.04 Å². The lowest BCUT2D eigenvalue weighted by Gasteiger charge is -2.21. The predicted molar refractivity (Wildman–Crippen MR) is 55.5 cm³/mol. The lowest BCUT2D eigenvalue weighted by Crippen LogP contribution is -2.27. The predicted octanol–water partition coefficient (Wildman–Crippen LogP) is 2.03. The Hall–Kier alpha value is -1.06. The third-order valence-corrected chi connectivity index (χ3v) is 2.29. The molecule has 1 atom stereocenters. The number of nitrogens with zero attached hydrogens (tertiary/aromatic N) is 1. The first-order chi connectivity index (χ1) is 6.54. The number of hydrogen-bond acceptors (Lipinski definition) is 2. The molecule has 1 rings (SSSR count). The van der Waals surface area contributed by atoms with Crippen LogP contribution in [0.3, 0.4) is 0 Å². The lowest BCUT2D eigenvalue weighted by atomic mass is 10.1. The molecule has 1 aromatic rings. The maximum Gasteiger partial charge on any atom is 0.325 e. The van der Waals surface area contributed by atoms with E-state index in [4.69, 9.17) is 16.7 Å². The molecule has 76 valence electrons. The largest absolute Gasteiger partial charge is 0.480 e. The Balaban J connectivity index is 3.12. The second kappa shape index (κ2) is 4.44. The number of carboxylic acids is 1. The number of hydrogen-bond donors (Lipinski definition) is 1. The van der Waals surface area contributed by atoms with E-state index in [1.807, 2.05) is 0 Å². The maximum atomic E-state index is 11.0. The fraction of sp³-hybridized carbons (Fsp3) is 0.300. The van der Waals surface area contributed by atoms with Gasteiger partial charge in [-0.1, -0.05) is 29.8 Å². The first-order valence-corrected chi connectivity index (χ1v) is 4.55. The summed E-state index contributed by atoms with van der Waals surface area (Å²) in [5.74, 6) is -0.900. The normalized spacial score (nSPS) is 12.9. The topological polar surface area (TPSA) is 40.5 Å². The van der Waals surface area contributed by atoms with Crippen molar-refractivity contribution in [3.8, 4) is 0 Å². The highest BCUT2D eigenvalue weighted by Crippen LogP contribution is 2.25. The van der Waals surface area contributed by atoms with Gasteiger partial charge in [-0.25, -0.2) is 0 Å². The molecule has 3 nitrogen and oxygen atoms in total.